The van der Waals surface area contributed by atoms with Crippen LogP contribution < -0.4 is 4.74 Å². The minimum absolute atomic E-state index is 0.0345. The number of hydrogen-bond donors (Lipinski definition) is 0. The van der Waals surface area contributed by atoms with Crippen molar-refractivity contribution in [3.8, 4) is 5.88 Å². The standard InChI is InChI=1S/C14H12BrClN2O/c15-11-8-17-14(16)18-13(11)19-12-7-3-5-9-4-1-2-6-10(9)12/h1-2,4,6,8,12H,3,5,7H2. The van der Waals surface area contributed by atoms with Crippen molar-refractivity contribution in [1.82, 2.24) is 9.97 Å². The lowest BCUT2D eigenvalue weighted by Crippen LogP contribution is -2.16. The average Bonchev–Trinajstić information content (AvgIpc) is 2.43. The van der Waals surface area contributed by atoms with Gasteiger partial charge in [0.15, 0.2) is 0 Å². The third-order valence-electron chi connectivity index (χ3n) is 3.25. The van der Waals surface area contributed by atoms with Gasteiger partial charge in [-0.2, -0.15) is 4.98 Å². The summed E-state index contributed by atoms with van der Waals surface area (Å²) in [5, 5.41) is 0.197. The van der Waals surface area contributed by atoms with Crippen LogP contribution in [-0.2, 0) is 6.42 Å². The van der Waals surface area contributed by atoms with Crippen molar-refractivity contribution in [2.45, 2.75) is 25.4 Å². The van der Waals surface area contributed by atoms with E-state index in [2.05, 4.69) is 44.1 Å². The third kappa shape index (κ3) is 2.74. The van der Waals surface area contributed by atoms with Gasteiger partial charge in [0.1, 0.15) is 6.10 Å². The Morgan fingerprint density at radius 3 is 3.05 bits per heavy atom. The van der Waals surface area contributed by atoms with Gasteiger partial charge in [0.25, 0.3) is 0 Å². The zero-order chi connectivity index (χ0) is 13.2. The Labute approximate surface area is 125 Å². The van der Waals surface area contributed by atoms with Gasteiger partial charge in [-0.15, -0.1) is 0 Å². The number of nitrogens with zero attached hydrogens (tertiary/aromatic N) is 2. The first kappa shape index (κ1) is 12.9. The molecular weight excluding hydrogens is 328 g/mol. The molecule has 2 aromatic rings. The molecule has 1 aliphatic rings. The highest BCUT2D eigenvalue weighted by atomic mass is 79.9. The van der Waals surface area contributed by atoms with Gasteiger partial charge >= 0.3 is 0 Å². The summed E-state index contributed by atoms with van der Waals surface area (Å²) < 4.78 is 6.73. The quantitative estimate of drug-likeness (QED) is 0.763. The Morgan fingerprint density at radius 2 is 2.16 bits per heavy atom. The van der Waals surface area contributed by atoms with Crippen LogP contribution >= 0.6 is 27.5 Å². The van der Waals surface area contributed by atoms with E-state index in [0.29, 0.717) is 5.88 Å². The summed E-state index contributed by atoms with van der Waals surface area (Å²) in [5.74, 6) is 0.502. The van der Waals surface area contributed by atoms with Crippen molar-refractivity contribution in [2.24, 2.45) is 0 Å². The maximum Gasteiger partial charge on any atom is 0.233 e. The van der Waals surface area contributed by atoms with Gasteiger partial charge in [-0.3, -0.25) is 0 Å². The lowest BCUT2D eigenvalue weighted by atomic mass is 9.89. The highest BCUT2D eigenvalue weighted by Gasteiger charge is 2.22. The Balaban J connectivity index is 1.90. The SMILES string of the molecule is Clc1ncc(Br)c(OC2CCCc3ccccc32)n1. The summed E-state index contributed by atoms with van der Waals surface area (Å²) >= 11 is 9.20. The Hall–Kier alpha value is -1.13. The molecular formula is C14H12BrClN2O. The number of ether oxygens (including phenoxy) is 1. The maximum atomic E-state index is 6.01. The van der Waals surface area contributed by atoms with Gasteiger partial charge in [-0.05, 0) is 57.9 Å². The zero-order valence-electron chi connectivity index (χ0n) is 10.1. The lowest BCUT2D eigenvalue weighted by Gasteiger charge is -2.26. The minimum Gasteiger partial charge on any atom is -0.469 e. The van der Waals surface area contributed by atoms with E-state index in [9.17, 15) is 0 Å². The average molecular weight is 340 g/mol. The van der Waals surface area contributed by atoms with Crippen LogP contribution in [-0.4, -0.2) is 9.97 Å². The van der Waals surface area contributed by atoms with Crippen molar-refractivity contribution < 1.29 is 4.74 Å². The van der Waals surface area contributed by atoms with Crippen molar-refractivity contribution in [3.05, 3.63) is 51.3 Å². The molecule has 0 radical (unpaired) electrons. The Bertz CT molecular complexity index is 606. The maximum absolute atomic E-state index is 6.01. The zero-order valence-corrected chi connectivity index (χ0v) is 12.5. The number of rotatable bonds is 2. The third-order valence-corrected chi connectivity index (χ3v) is 3.98. The smallest absolute Gasteiger partial charge is 0.233 e. The van der Waals surface area contributed by atoms with Crippen molar-refractivity contribution in [3.63, 3.8) is 0 Å². The molecule has 1 aromatic carbocycles. The minimum atomic E-state index is 0.0345. The molecule has 0 bridgehead atoms. The van der Waals surface area contributed by atoms with E-state index in [1.807, 2.05) is 6.07 Å². The van der Waals surface area contributed by atoms with Gasteiger partial charge in [-0.25, -0.2) is 4.98 Å². The predicted octanol–water partition coefficient (Wildman–Crippen LogP) is 4.35. The van der Waals surface area contributed by atoms with Crippen LogP contribution in [0, 0.1) is 0 Å². The van der Waals surface area contributed by atoms with Crippen LogP contribution in [0.5, 0.6) is 5.88 Å². The van der Waals surface area contributed by atoms with Gasteiger partial charge < -0.3 is 4.74 Å². The highest BCUT2D eigenvalue weighted by molar-refractivity contribution is 9.10. The van der Waals surface area contributed by atoms with E-state index in [1.165, 1.54) is 11.1 Å². The van der Waals surface area contributed by atoms with Crippen LogP contribution in [0.4, 0.5) is 0 Å². The molecule has 19 heavy (non-hydrogen) atoms. The normalized spacial score (nSPS) is 17.9. The summed E-state index contributed by atoms with van der Waals surface area (Å²) in [6.07, 6.45) is 4.87. The molecule has 1 atom stereocenters. The van der Waals surface area contributed by atoms with Gasteiger partial charge in [0, 0.05) is 6.20 Å². The molecule has 0 spiro atoms. The number of fused-ring (bicyclic) bond motifs is 1. The number of halogens is 2. The molecule has 1 heterocycles. The molecule has 0 saturated heterocycles. The second-order valence-electron chi connectivity index (χ2n) is 4.49. The van der Waals surface area contributed by atoms with E-state index in [-0.39, 0.29) is 11.4 Å². The Morgan fingerprint density at radius 1 is 1.32 bits per heavy atom. The van der Waals surface area contributed by atoms with Crippen LogP contribution in [0.1, 0.15) is 30.1 Å². The van der Waals surface area contributed by atoms with E-state index in [0.717, 1.165) is 23.7 Å². The molecule has 0 N–H and O–H groups in total. The highest BCUT2D eigenvalue weighted by Crippen LogP contribution is 2.35. The lowest BCUT2D eigenvalue weighted by molar-refractivity contribution is 0.174. The monoisotopic (exact) mass is 338 g/mol. The summed E-state index contributed by atoms with van der Waals surface area (Å²) in [6.45, 7) is 0. The molecule has 98 valence electrons. The molecule has 0 fully saturated rings. The largest absolute Gasteiger partial charge is 0.469 e. The molecule has 1 aromatic heterocycles. The van der Waals surface area contributed by atoms with Crippen LogP contribution in [0.3, 0.4) is 0 Å². The molecule has 0 amide bonds. The van der Waals surface area contributed by atoms with E-state index in [4.69, 9.17) is 16.3 Å². The summed E-state index contributed by atoms with van der Waals surface area (Å²) in [5.41, 5.74) is 2.60. The number of aromatic nitrogens is 2. The summed E-state index contributed by atoms with van der Waals surface area (Å²) in [4.78, 5) is 8.03. The first-order chi connectivity index (χ1) is 9.24. The van der Waals surface area contributed by atoms with Gasteiger partial charge in [0.05, 0.1) is 4.47 Å². The van der Waals surface area contributed by atoms with Crippen molar-refractivity contribution in [2.75, 3.05) is 0 Å². The van der Waals surface area contributed by atoms with Crippen molar-refractivity contribution >= 4 is 27.5 Å². The second-order valence-corrected chi connectivity index (χ2v) is 5.68. The van der Waals surface area contributed by atoms with E-state index >= 15 is 0 Å². The van der Waals surface area contributed by atoms with Crippen LogP contribution in [0.2, 0.25) is 5.28 Å². The molecule has 3 rings (SSSR count). The Kier molecular flexibility index (Phi) is 3.71. The van der Waals surface area contributed by atoms with Gasteiger partial charge in [-0.1, -0.05) is 24.3 Å². The second kappa shape index (κ2) is 5.47. The topological polar surface area (TPSA) is 35.0 Å². The van der Waals surface area contributed by atoms with Gasteiger partial charge in [0.2, 0.25) is 11.2 Å². The number of aryl methyl sites for hydroxylation is 1. The molecule has 0 saturated carbocycles. The van der Waals surface area contributed by atoms with Crippen LogP contribution in [0.15, 0.2) is 34.9 Å². The van der Waals surface area contributed by atoms with E-state index in [1.54, 1.807) is 6.20 Å². The number of hydrogen-bond acceptors (Lipinski definition) is 3. The molecule has 1 unspecified atom stereocenters. The summed E-state index contributed by atoms with van der Waals surface area (Å²) in [7, 11) is 0. The fourth-order valence-corrected chi connectivity index (χ4v) is 2.79. The fourth-order valence-electron chi connectivity index (χ4n) is 2.38. The first-order valence-electron chi connectivity index (χ1n) is 6.16. The molecule has 0 aliphatic heterocycles. The molecule has 5 heteroatoms. The number of benzene rings is 1. The predicted molar refractivity (Wildman–Crippen MR) is 77.5 cm³/mol. The summed E-state index contributed by atoms with van der Waals surface area (Å²) in [6, 6.07) is 8.39. The molecule has 1 aliphatic carbocycles. The first-order valence-corrected chi connectivity index (χ1v) is 7.33. The van der Waals surface area contributed by atoms with Crippen LogP contribution in [0.25, 0.3) is 0 Å². The van der Waals surface area contributed by atoms with Crippen molar-refractivity contribution in [1.29, 1.82) is 0 Å². The molecule has 3 nitrogen and oxygen atoms in total. The fraction of sp³-hybridized carbons (Fsp3) is 0.286. The van der Waals surface area contributed by atoms with E-state index < -0.39 is 0 Å².